The number of nitrogens with one attached hydrogen (secondary N) is 3. The minimum absolute atomic E-state index is 0.183. The fourth-order valence-electron chi connectivity index (χ4n) is 1.39. The lowest BCUT2D eigenvalue weighted by atomic mass is 10.2. The van der Waals surface area contributed by atoms with Crippen LogP contribution < -0.4 is 22.3 Å². The zero-order chi connectivity index (χ0) is 13.1. The quantitative estimate of drug-likeness (QED) is 0.553. The Morgan fingerprint density at radius 1 is 1.28 bits per heavy atom. The summed E-state index contributed by atoms with van der Waals surface area (Å²) < 4.78 is 0. The highest BCUT2D eigenvalue weighted by atomic mass is 16.2. The molecule has 0 spiro atoms. The third kappa shape index (κ3) is 2.46. The number of nitrogens with two attached hydrogens (primary N) is 1. The highest BCUT2D eigenvalue weighted by Gasteiger charge is 2.10. The monoisotopic (exact) mass is 246 g/mol. The normalized spacial score (nSPS) is 10.0. The van der Waals surface area contributed by atoms with Crippen molar-refractivity contribution in [3.05, 3.63) is 56.9 Å². The number of hydrogen-bond acceptors (Lipinski definition) is 4. The van der Waals surface area contributed by atoms with Crippen LogP contribution in [0.15, 0.2) is 40.1 Å². The average Bonchev–Trinajstić information content (AvgIpc) is 2.28. The SMILES string of the molecule is Nc1cccc(NC(=O)c2c[nH]c(=O)[nH]c2=O)c1. The summed E-state index contributed by atoms with van der Waals surface area (Å²) in [6, 6.07) is 6.52. The standard InChI is InChI=1S/C11H10N4O3/c12-6-2-1-3-7(4-6)14-9(16)8-5-13-11(18)15-10(8)17/h1-5H,12H2,(H,14,16)(H2,13,15,17,18). The smallest absolute Gasteiger partial charge is 0.325 e. The van der Waals surface area contributed by atoms with E-state index >= 15 is 0 Å². The van der Waals surface area contributed by atoms with Gasteiger partial charge in [0, 0.05) is 17.6 Å². The van der Waals surface area contributed by atoms with Crippen molar-refractivity contribution in [2.24, 2.45) is 0 Å². The van der Waals surface area contributed by atoms with Crippen LogP contribution in [-0.4, -0.2) is 15.9 Å². The van der Waals surface area contributed by atoms with Gasteiger partial charge in [0.2, 0.25) is 0 Å². The van der Waals surface area contributed by atoms with Crippen molar-refractivity contribution in [3.63, 3.8) is 0 Å². The second kappa shape index (κ2) is 4.58. The van der Waals surface area contributed by atoms with Crippen molar-refractivity contribution in [1.82, 2.24) is 9.97 Å². The molecule has 5 N–H and O–H groups in total. The van der Waals surface area contributed by atoms with Crippen LogP contribution in [0.3, 0.4) is 0 Å². The first-order valence-corrected chi connectivity index (χ1v) is 5.05. The fraction of sp³-hybridized carbons (Fsp3) is 0. The Labute approximate surface area is 101 Å². The molecule has 2 rings (SSSR count). The number of H-pyrrole nitrogens is 2. The number of hydrogen-bond donors (Lipinski definition) is 4. The van der Waals surface area contributed by atoms with E-state index in [0.717, 1.165) is 6.20 Å². The van der Waals surface area contributed by atoms with Gasteiger partial charge in [-0.05, 0) is 18.2 Å². The number of anilines is 2. The van der Waals surface area contributed by atoms with E-state index in [2.05, 4.69) is 10.3 Å². The Bertz CT molecular complexity index is 702. The van der Waals surface area contributed by atoms with Gasteiger partial charge in [-0.25, -0.2) is 4.79 Å². The summed E-state index contributed by atoms with van der Waals surface area (Å²) >= 11 is 0. The summed E-state index contributed by atoms with van der Waals surface area (Å²) in [5.41, 5.74) is 4.91. The molecule has 1 aromatic carbocycles. The van der Waals surface area contributed by atoms with E-state index in [9.17, 15) is 14.4 Å². The predicted octanol–water partition coefficient (Wildman–Crippen LogP) is -0.102. The molecule has 0 saturated heterocycles. The Balaban J connectivity index is 2.27. The molecule has 92 valence electrons. The highest BCUT2D eigenvalue weighted by molar-refractivity contribution is 6.03. The first-order valence-electron chi connectivity index (χ1n) is 5.05. The number of rotatable bonds is 2. The van der Waals surface area contributed by atoms with Crippen LogP contribution in [0.25, 0.3) is 0 Å². The third-order valence-corrected chi connectivity index (χ3v) is 2.21. The maximum atomic E-state index is 11.8. The molecule has 1 aromatic heterocycles. The van der Waals surface area contributed by atoms with Gasteiger partial charge in [0.05, 0.1) is 0 Å². The molecule has 0 unspecified atom stereocenters. The van der Waals surface area contributed by atoms with Crippen LogP contribution in [0.4, 0.5) is 11.4 Å². The number of carbonyl (C=O) groups excluding carboxylic acids is 1. The number of aromatic amines is 2. The van der Waals surface area contributed by atoms with Crippen LogP contribution in [0.1, 0.15) is 10.4 Å². The molecule has 0 aliphatic heterocycles. The first kappa shape index (κ1) is 11.6. The van der Waals surface area contributed by atoms with Gasteiger partial charge in [-0.2, -0.15) is 0 Å². The molecule has 2 aromatic rings. The predicted molar refractivity (Wildman–Crippen MR) is 66.5 cm³/mol. The Morgan fingerprint density at radius 3 is 2.72 bits per heavy atom. The molecule has 7 nitrogen and oxygen atoms in total. The minimum atomic E-state index is -0.750. The molecule has 0 aliphatic rings. The van der Waals surface area contributed by atoms with Crippen molar-refractivity contribution in [3.8, 4) is 0 Å². The molecule has 0 atom stereocenters. The lowest BCUT2D eigenvalue weighted by Crippen LogP contribution is -2.29. The van der Waals surface area contributed by atoms with Crippen molar-refractivity contribution in [1.29, 1.82) is 0 Å². The zero-order valence-electron chi connectivity index (χ0n) is 9.19. The van der Waals surface area contributed by atoms with E-state index in [1.54, 1.807) is 24.3 Å². The second-order valence-corrected chi connectivity index (χ2v) is 3.57. The molecule has 0 radical (unpaired) electrons. The van der Waals surface area contributed by atoms with Crippen molar-refractivity contribution in [2.45, 2.75) is 0 Å². The summed E-state index contributed by atoms with van der Waals surface area (Å²) in [5, 5.41) is 2.50. The fourth-order valence-corrected chi connectivity index (χ4v) is 1.39. The number of amides is 1. The van der Waals surface area contributed by atoms with Crippen LogP contribution in [0.5, 0.6) is 0 Å². The molecule has 1 heterocycles. The van der Waals surface area contributed by atoms with Crippen molar-refractivity contribution >= 4 is 17.3 Å². The molecule has 0 saturated carbocycles. The number of benzene rings is 1. The number of aromatic nitrogens is 2. The van der Waals surface area contributed by atoms with Crippen molar-refractivity contribution in [2.75, 3.05) is 11.1 Å². The van der Waals surface area contributed by atoms with Crippen LogP contribution in [0.2, 0.25) is 0 Å². The number of carbonyl (C=O) groups is 1. The maximum Gasteiger partial charge on any atom is 0.325 e. The third-order valence-electron chi connectivity index (χ3n) is 2.21. The lowest BCUT2D eigenvalue weighted by molar-refractivity contribution is 0.102. The van der Waals surface area contributed by atoms with Gasteiger partial charge < -0.3 is 16.0 Å². The molecule has 1 amide bonds. The van der Waals surface area contributed by atoms with Crippen LogP contribution >= 0.6 is 0 Å². The van der Waals surface area contributed by atoms with E-state index < -0.39 is 17.2 Å². The molecule has 0 fully saturated rings. The van der Waals surface area contributed by atoms with E-state index in [4.69, 9.17) is 5.73 Å². The van der Waals surface area contributed by atoms with Gasteiger partial charge in [-0.15, -0.1) is 0 Å². The minimum Gasteiger partial charge on any atom is -0.399 e. The Morgan fingerprint density at radius 2 is 2.06 bits per heavy atom. The number of nitrogen functional groups attached to an aromatic ring is 1. The van der Waals surface area contributed by atoms with E-state index in [0.29, 0.717) is 11.4 Å². The first-order chi connectivity index (χ1) is 8.56. The molecule has 7 heteroatoms. The molecular formula is C11H10N4O3. The maximum absolute atomic E-state index is 11.8. The molecule has 0 aliphatic carbocycles. The topological polar surface area (TPSA) is 121 Å². The van der Waals surface area contributed by atoms with E-state index in [1.165, 1.54) is 0 Å². The summed E-state index contributed by atoms with van der Waals surface area (Å²) in [6.45, 7) is 0. The molecule has 0 bridgehead atoms. The van der Waals surface area contributed by atoms with Gasteiger partial charge in [0.15, 0.2) is 0 Å². The summed E-state index contributed by atoms with van der Waals surface area (Å²) in [5.74, 6) is -0.627. The zero-order valence-corrected chi connectivity index (χ0v) is 9.19. The summed E-state index contributed by atoms with van der Waals surface area (Å²) in [7, 11) is 0. The average molecular weight is 246 g/mol. The van der Waals surface area contributed by atoms with Gasteiger partial charge in [-0.3, -0.25) is 14.6 Å². The van der Waals surface area contributed by atoms with Gasteiger partial charge in [0.25, 0.3) is 11.5 Å². The van der Waals surface area contributed by atoms with Gasteiger partial charge in [0.1, 0.15) is 5.56 Å². The van der Waals surface area contributed by atoms with Crippen LogP contribution in [-0.2, 0) is 0 Å². The molecular weight excluding hydrogens is 236 g/mol. The van der Waals surface area contributed by atoms with E-state index in [-0.39, 0.29) is 5.56 Å². The van der Waals surface area contributed by atoms with Gasteiger partial charge >= 0.3 is 5.69 Å². The van der Waals surface area contributed by atoms with E-state index in [1.807, 2.05) is 4.98 Å². The van der Waals surface area contributed by atoms with Gasteiger partial charge in [-0.1, -0.05) is 6.07 Å². The second-order valence-electron chi connectivity index (χ2n) is 3.57. The Kier molecular flexibility index (Phi) is 2.96. The largest absolute Gasteiger partial charge is 0.399 e. The molecule has 18 heavy (non-hydrogen) atoms. The van der Waals surface area contributed by atoms with Crippen molar-refractivity contribution < 1.29 is 4.79 Å². The summed E-state index contributed by atoms with van der Waals surface area (Å²) in [4.78, 5) is 38.1. The summed E-state index contributed by atoms with van der Waals surface area (Å²) in [6.07, 6.45) is 1.06. The lowest BCUT2D eigenvalue weighted by Gasteiger charge is -2.04. The Hall–Kier alpha value is -2.83. The highest BCUT2D eigenvalue weighted by Crippen LogP contribution is 2.12. The van der Waals surface area contributed by atoms with Crippen LogP contribution in [0, 0.1) is 0 Å².